The van der Waals surface area contributed by atoms with Crippen LogP contribution in [0, 0.1) is 0 Å². The van der Waals surface area contributed by atoms with E-state index in [-0.39, 0.29) is 0 Å². The minimum absolute atomic E-state index is 0.525. The fraction of sp³-hybridized carbons (Fsp3) is 0.222. The molecule has 0 atom stereocenters. The average molecular weight is 179 g/mol. The zero-order valence-electron chi connectivity index (χ0n) is 7.53. The van der Waals surface area contributed by atoms with Crippen LogP contribution in [0.25, 0.3) is 0 Å². The number of hydrogen-bond acceptors (Lipinski definition) is 4. The van der Waals surface area contributed by atoms with Gasteiger partial charge < -0.3 is 10.2 Å². The van der Waals surface area contributed by atoms with Gasteiger partial charge in [0.25, 0.3) is 0 Å². The normalized spacial score (nSPS) is 10.3. The molecule has 0 amide bonds. The Bertz CT molecular complexity index is 286. The lowest BCUT2D eigenvalue weighted by molar-refractivity contribution is 0.349. The SMILES string of the molecule is C/C=C/COc1cccc(NN)n1. The van der Waals surface area contributed by atoms with Gasteiger partial charge in [0.1, 0.15) is 12.4 Å². The van der Waals surface area contributed by atoms with Gasteiger partial charge in [0.05, 0.1) is 0 Å². The maximum Gasteiger partial charge on any atom is 0.215 e. The zero-order chi connectivity index (χ0) is 9.52. The molecule has 0 radical (unpaired) electrons. The molecule has 0 unspecified atom stereocenters. The van der Waals surface area contributed by atoms with E-state index in [1.54, 1.807) is 12.1 Å². The van der Waals surface area contributed by atoms with Crippen molar-refractivity contribution in [1.82, 2.24) is 4.98 Å². The quantitative estimate of drug-likeness (QED) is 0.416. The Kier molecular flexibility index (Phi) is 3.78. The van der Waals surface area contributed by atoms with Gasteiger partial charge in [0.2, 0.25) is 5.88 Å². The third-order valence-electron chi connectivity index (χ3n) is 1.43. The zero-order valence-corrected chi connectivity index (χ0v) is 7.53. The first-order valence-electron chi connectivity index (χ1n) is 4.04. The first-order chi connectivity index (χ1) is 6.36. The van der Waals surface area contributed by atoms with Gasteiger partial charge in [-0.15, -0.1) is 0 Å². The van der Waals surface area contributed by atoms with E-state index in [2.05, 4.69) is 10.4 Å². The Morgan fingerprint density at radius 3 is 3.15 bits per heavy atom. The Balaban J connectivity index is 2.56. The van der Waals surface area contributed by atoms with Crippen molar-refractivity contribution in [2.45, 2.75) is 6.92 Å². The second-order valence-electron chi connectivity index (χ2n) is 2.39. The molecule has 1 heterocycles. The summed E-state index contributed by atoms with van der Waals surface area (Å²) in [4.78, 5) is 4.07. The highest BCUT2D eigenvalue weighted by atomic mass is 16.5. The smallest absolute Gasteiger partial charge is 0.215 e. The van der Waals surface area contributed by atoms with Gasteiger partial charge in [0.15, 0.2) is 0 Å². The minimum atomic E-state index is 0.525. The highest BCUT2D eigenvalue weighted by Crippen LogP contribution is 2.09. The van der Waals surface area contributed by atoms with Crippen molar-refractivity contribution < 1.29 is 4.74 Å². The summed E-state index contributed by atoms with van der Waals surface area (Å²) < 4.78 is 5.30. The lowest BCUT2D eigenvalue weighted by Gasteiger charge is -2.03. The molecule has 0 saturated heterocycles. The summed E-state index contributed by atoms with van der Waals surface area (Å²) in [6.07, 6.45) is 3.83. The largest absolute Gasteiger partial charge is 0.473 e. The molecule has 0 aliphatic rings. The highest BCUT2D eigenvalue weighted by molar-refractivity contribution is 5.35. The van der Waals surface area contributed by atoms with E-state index in [1.807, 2.05) is 25.1 Å². The van der Waals surface area contributed by atoms with Crippen molar-refractivity contribution in [3.63, 3.8) is 0 Å². The number of nitrogens with one attached hydrogen (secondary N) is 1. The third kappa shape index (κ3) is 3.13. The molecule has 70 valence electrons. The van der Waals surface area contributed by atoms with Crippen molar-refractivity contribution in [2.75, 3.05) is 12.0 Å². The molecular weight excluding hydrogens is 166 g/mol. The molecule has 0 saturated carbocycles. The standard InChI is InChI=1S/C9H13N3O/c1-2-3-7-13-9-6-4-5-8(11-9)12-10/h2-6H,7,10H2,1H3,(H,11,12)/b3-2+. The predicted molar refractivity (Wildman–Crippen MR) is 52.4 cm³/mol. The number of nitrogen functional groups attached to an aromatic ring is 1. The minimum Gasteiger partial charge on any atom is -0.473 e. The predicted octanol–water partition coefficient (Wildman–Crippen LogP) is 1.32. The Morgan fingerprint density at radius 1 is 1.62 bits per heavy atom. The first-order valence-corrected chi connectivity index (χ1v) is 4.04. The number of rotatable bonds is 4. The number of hydrazine groups is 1. The molecule has 0 bridgehead atoms. The molecule has 1 aromatic rings. The van der Waals surface area contributed by atoms with Crippen LogP contribution in [0.2, 0.25) is 0 Å². The Hall–Kier alpha value is -1.55. The van der Waals surface area contributed by atoms with Crippen molar-refractivity contribution >= 4 is 5.82 Å². The van der Waals surface area contributed by atoms with Crippen LogP contribution in [-0.2, 0) is 0 Å². The fourth-order valence-corrected chi connectivity index (χ4v) is 0.805. The highest BCUT2D eigenvalue weighted by Gasteiger charge is 1.94. The van der Waals surface area contributed by atoms with Gasteiger partial charge in [-0.3, -0.25) is 0 Å². The van der Waals surface area contributed by atoms with Gasteiger partial charge in [-0.25, -0.2) is 5.84 Å². The topological polar surface area (TPSA) is 60.2 Å². The molecule has 13 heavy (non-hydrogen) atoms. The summed E-state index contributed by atoms with van der Waals surface area (Å²) in [5.41, 5.74) is 2.45. The van der Waals surface area contributed by atoms with Crippen LogP contribution >= 0.6 is 0 Å². The number of nitrogens with zero attached hydrogens (tertiary/aromatic N) is 1. The second kappa shape index (κ2) is 5.16. The summed E-state index contributed by atoms with van der Waals surface area (Å²) in [5, 5.41) is 0. The summed E-state index contributed by atoms with van der Waals surface area (Å²) in [5.74, 6) is 6.35. The van der Waals surface area contributed by atoms with Crippen LogP contribution in [0.5, 0.6) is 5.88 Å². The number of anilines is 1. The van der Waals surface area contributed by atoms with E-state index >= 15 is 0 Å². The molecule has 4 heteroatoms. The summed E-state index contributed by atoms with van der Waals surface area (Å²) >= 11 is 0. The third-order valence-corrected chi connectivity index (χ3v) is 1.43. The summed E-state index contributed by atoms with van der Waals surface area (Å²) in [6.45, 7) is 2.46. The number of allylic oxidation sites excluding steroid dienone is 1. The van der Waals surface area contributed by atoms with Crippen LogP contribution in [0.3, 0.4) is 0 Å². The van der Waals surface area contributed by atoms with Crippen molar-refractivity contribution in [3.8, 4) is 5.88 Å². The molecule has 0 aliphatic carbocycles. The second-order valence-corrected chi connectivity index (χ2v) is 2.39. The van der Waals surface area contributed by atoms with E-state index in [4.69, 9.17) is 10.6 Å². The number of hydrogen-bond donors (Lipinski definition) is 2. The van der Waals surface area contributed by atoms with Gasteiger partial charge >= 0.3 is 0 Å². The van der Waals surface area contributed by atoms with Gasteiger partial charge in [-0.1, -0.05) is 18.2 Å². The molecule has 4 nitrogen and oxygen atoms in total. The van der Waals surface area contributed by atoms with Crippen LogP contribution in [0.1, 0.15) is 6.92 Å². The molecule has 0 aromatic carbocycles. The van der Waals surface area contributed by atoms with Crippen LogP contribution in [0.15, 0.2) is 30.4 Å². The molecule has 3 N–H and O–H groups in total. The molecule has 1 aromatic heterocycles. The van der Waals surface area contributed by atoms with Crippen molar-refractivity contribution in [2.24, 2.45) is 5.84 Å². The monoisotopic (exact) mass is 179 g/mol. The maximum atomic E-state index is 5.30. The van der Waals surface area contributed by atoms with Gasteiger partial charge in [-0.2, -0.15) is 4.98 Å². The summed E-state index contributed by atoms with van der Waals surface area (Å²) in [7, 11) is 0. The summed E-state index contributed by atoms with van der Waals surface area (Å²) in [6, 6.07) is 5.38. The Morgan fingerprint density at radius 2 is 2.46 bits per heavy atom. The van der Waals surface area contributed by atoms with Crippen LogP contribution in [-0.4, -0.2) is 11.6 Å². The lowest BCUT2D eigenvalue weighted by Crippen LogP contribution is -2.08. The van der Waals surface area contributed by atoms with E-state index in [1.165, 1.54) is 0 Å². The number of pyridine rings is 1. The molecule has 0 aliphatic heterocycles. The fourth-order valence-electron chi connectivity index (χ4n) is 0.805. The first kappa shape index (κ1) is 9.54. The number of aromatic nitrogens is 1. The Labute approximate surface area is 77.4 Å². The van der Waals surface area contributed by atoms with Crippen molar-refractivity contribution in [3.05, 3.63) is 30.4 Å². The van der Waals surface area contributed by atoms with E-state index in [9.17, 15) is 0 Å². The molecular formula is C9H13N3O. The lowest BCUT2D eigenvalue weighted by atomic mass is 10.4. The van der Waals surface area contributed by atoms with Gasteiger partial charge in [-0.05, 0) is 13.0 Å². The molecule has 0 spiro atoms. The van der Waals surface area contributed by atoms with Crippen LogP contribution in [0.4, 0.5) is 5.82 Å². The molecule has 1 rings (SSSR count). The maximum absolute atomic E-state index is 5.30. The molecule has 0 fully saturated rings. The van der Waals surface area contributed by atoms with Crippen molar-refractivity contribution in [1.29, 1.82) is 0 Å². The van der Waals surface area contributed by atoms with E-state index in [0.29, 0.717) is 18.3 Å². The number of nitrogens with two attached hydrogens (primary N) is 1. The van der Waals surface area contributed by atoms with E-state index < -0.39 is 0 Å². The average Bonchev–Trinajstić information content (AvgIpc) is 2.19. The van der Waals surface area contributed by atoms with Gasteiger partial charge in [0, 0.05) is 6.07 Å². The van der Waals surface area contributed by atoms with E-state index in [0.717, 1.165) is 0 Å². The van der Waals surface area contributed by atoms with Crippen LogP contribution < -0.4 is 16.0 Å². The number of ether oxygens (including phenoxy) is 1.